The Kier molecular flexibility index (Phi) is 5.57. The van der Waals surface area contributed by atoms with Crippen molar-refractivity contribution < 1.29 is 4.79 Å². The second-order valence-corrected chi connectivity index (χ2v) is 5.74. The van der Waals surface area contributed by atoms with Crippen LogP contribution < -0.4 is 5.32 Å². The first-order valence-corrected chi connectivity index (χ1v) is 7.48. The van der Waals surface area contributed by atoms with E-state index in [9.17, 15) is 4.79 Å². The van der Waals surface area contributed by atoms with Crippen molar-refractivity contribution in [3.63, 3.8) is 0 Å². The molecule has 22 heavy (non-hydrogen) atoms. The molecule has 0 spiro atoms. The number of aryl methyl sites for hydroxylation is 2. The van der Waals surface area contributed by atoms with E-state index in [1.165, 1.54) is 0 Å². The molecule has 0 bridgehead atoms. The lowest BCUT2D eigenvalue weighted by atomic mass is 9.98. The Bertz CT molecular complexity index is 595. The number of nitrogens with one attached hydrogen (secondary N) is 1. The van der Waals surface area contributed by atoms with Crippen molar-refractivity contribution in [2.45, 2.75) is 46.2 Å². The highest BCUT2D eigenvalue weighted by atomic mass is 16.1. The maximum atomic E-state index is 12.2. The van der Waals surface area contributed by atoms with Gasteiger partial charge in [0.1, 0.15) is 5.82 Å². The zero-order valence-electron chi connectivity index (χ0n) is 13.2. The van der Waals surface area contributed by atoms with Gasteiger partial charge in [-0.3, -0.25) is 9.78 Å². The third kappa shape index (κ3) is 4.61. The summed E-state index contributed by atoms with van der Waals surface area (Å²) in [6, 6.07) is 3.86. The van der Waals surface area contributed by atoms with E-state index in [1.54, 1.807) is 17.1 Å². The Hall–Kier alpha value is -2.31. The van der Waals surface area contributed by atoms with Crippen LogP contribution in [0, 0.1) is 12.8 Å². The van der Waals surface area contributed by atoms with Crippen LogP contribution in [0.5, 0.6) is 0 Å². The number of carbonyl (C=O) groups is 1. The summed E-state index contributed by atoms with van der Waals surface area (Å²) in [6.45, 7) is 6.57. The molecule has 0 aliphatic rings. The van der Waals surface area contributed by atoms with Crippen LogP contribution in [0.3, 0.4) is 0 Å². The maximum absolute atomic E-state index is 12.2. The average molecular weight is 302 g/mol. The van der Waals surface area contributed by atoms with Crippen LogP contribution in [0.4, 0.5) is 0 Å². The monoisotopic (exact) mass is 302 g/mol. The molecule has 2 rings (SSSR count). The predicted molar refractivity (Wildman–Crippen MR) is 81.7 cm³/mol. The molecular formula is C15H22N6O. The number of hydrogen-bond donors (Lipinski definition) is 1. The van der Waals surface area contributed by atoms with Crippen LogP contribution in [0.15, 0.2) is 24.5 Å². The van der Waals surface area contributed by atoms with Crippen LogP contribution >= 0.6 is 0 Å². The highest BCUT2D eigenvalue weighted by Crippen LogP contribution is 2.20. The van der Waals surface area contributed by atoms with Crippen molar-refractivity contribution in [1.29, 1.82) is 0 Å². The normalized spacial score (nSPS) is 12.4. The molecule has 0 unspecified atom stereocenters. The number of aromatic nitrogens is 5. The number of rotatable bonds is 7. The van der Waals surface area contributed by atoms with E-state index in [0.717, 1.165) is 12.0 Å². The maximum Gasteiger partial charge on any atom is 0.222 e. The van der Waals surface area contributed by atoms with E-state index in [4.69, 9.17) is 0 Å². The summed E-state index contributed by atoms with van der Waals surface area (Å²) in [4.78, 5) is 16.3. The van der Waals surface area contributed by atoms with Crippen molar-refractivity contribution in [2.75, 3.05) is 0 Å². The van der Waals surface area contributed by atoms with E-state index >= 15 is 0 Å². The van der Waals surface area contributed by atoms with Gasteiger partial charge in [0, 0.05) is 18.8 Å². The molecule has 0 fully saturated rings. The molecule has 0 aliphatic heterocycles. The van der Waals surface area contributed by atoms with Gasteiger partial charge in [-0.05, 0) is 41.3 Å². The van der Waals surface area contributed by atoms with E-state index in [-0.39, 0.29) is 11.9 Å². The van der Waals surface area contributed by atoms with Gasteiger partial charge in [-0.2, -0.15) is 0 Å². The smallest absolute Gasteiger partial charge is 0.222 e. The number of amides is 1. The molecule has 1 amide bonds. The van der Waals surface area contributed by atoms with Gasteiger partial charge >= 0.3 is 0 Å². The number of pyridine rings is 1. The Morgan fingerprint density at radius 1 is 1.41 bits per heavy atom. The fourth-order valence-electron chi connectivity index (χ4n) is 2.26. The van der Waals surface area contributed by atoms with Crippen LogP contribution in [0.25, 0.3) is 0 Å². The molecule has 2 aromatic rings. The molecule has 0 aromatic carbocycles. The van der Waals surface area contributed by atoms with Crippen molar-refractivity contribution >= 4 is 5.91 Å². The van der Waals surface area contributed by atoms with Crippen LogP contribution in [-0.4, -0.2) is 31.1 Å². The Labute approximate surface area is 130 Å². The largest absolute Gasteiger partial charge is 0.349 e. The van der Waals surface area contributed by atoms with Gasteiger partial charge in [0.2, 0.25) is 5.91 Å². The molecule has 0 saturated heterocycles. The van der Waals surface area contributed by atoms with Gasteiger partial charge in [-0.1, -0.05) is 19.9 Å². The zero-order chi connectivity index (χ0) is 15.9. The van der Waals surface area contributed by atoms with Gasteiger partial charge < -0.3 is 5.32 Å². The summed E-state index contributed by atoms with van der Waals surface area (Å²) in [5, 5.41) is 14.3. The van der Waals surface area contributed by atoms with E-state index in [1.807, 2.05) is 19.1 Å². The lowest BCUT2D eigenvalue weighted by molar-refractivity contribution is -0.122. The average Bonchev–Trinajstić information content (AvgIpc) is 2.90. The van der Waals surface area contributed by atoms with E-state index in [2.05, 4.69) is 39.7 Å². The van der Waals surface area contributed by atoms with Crippen molar-refractivity contribution in [1.82, 2.24) is 30.5 Å². The molecule has 2 heterocycles. The number of hydrogen-bond acceptors (Lipinski definition) is 5. The summed E-state index contributed by atoms with van der Waals surface area (Å²) >= 11 is 0. The number of nitrogens with zero attached hydrogens (tertiary/aromatic N) is 5. The van der Waals surface area contributed by atoms with Gasteiger partial charge in [0.25, 0.3) is 0 Å². The third-order valence-corrected chi connectivity index (χ3v) is 3.39. The molecule has 1 atom stereocenters. The molecule has 118 valence electrons. The Morgan fingerprint density at radius 2 is 2.23 bits per heavy atom. The first-order valence-electron chi connectivity index (χ1n) is 7.48. The fraction of sp³-hybridized carbons (Fsp3) is 0.533. The van der Waals surface area contributed by atoms with Gasteiger partial charge in [0.15, 0.2) is 0 Å². The first kappa shape index (κ1) is 16.1. The summed E-state index contributed by atoms with van der Waals surface area (Å²) in [7, 11) is 0. The summed E-state index contributed by atoms with van der Waals surface area (Å²) < 4.78 is 1.63. The summed E-state index contributed by atoms with van der Waals surface area (Å²) in [6.07, 6.45) is 4.76. The van der Waals surface area contributed by atoms with Crippen molar-refractivity contribution in [3.8, 4) is 0 Å². The predicted octanol–water partition coefficient (Wildman–Crippen LogP) is 1.67. The van der Waals surface area contributed by atoms with Crippen LogP contribution in [-0.2, 0) is 11.3 Å². The lowest BCUT2D eigenvalue weighted by Crippen LogP contribution is -2.30. The molecule has 7 heteroatoms. The SMILES string of the molecule is Cc1nnnn1CCC(=O)N[C@@H](CC(C)C)c1cccnc1. The van der Waals surface area contributed by atoms with Crippen LogP contribution in [0.1, 0.15) is 44.1 Å². The Balaban J connectivity index is 1.95. The topological polar surface area (TPSA) is 85.6 Å². The minimum Gasteiger partial charge on any atom is -0.349 e. The Morgan fingerprint density at radius 3 is 2.82 bits per heavy atom. The van der Waals surface area contributed by atoms with E-state index < -0.39 is 0 Å². The third-order valence-electron chi connectivity index (χ3n) is 3.39. The molecule has 1 N–H and O–H groups in total. The van der Waals surface area contributed by atoms with Crippen LogP contribution in [0.2, 0.25) is 0 Å². The molecule has 7 nitrogen and oxygen atoms in total. The highest BCUT2D eigenvalue weighted by Gasteiger charge is 2.16. The fourth-order valence-corrected chi connectivity index (χ4v) is 2.26. The number of carbonyl (C=O) groups excluding carboxylic acids is 1. The molecule has 2 aromatic heterocycles. The molecule has 0 aliphatic carbocycles. The zero-order valence-corrected chi connectivity index (χ0v) is 13.2. The molecule has 0 radical (unpaired) electrons. The van der Waals surface area contributed by atoms with Gasteiger partial charge in [0.05, 0.1) is 12.6 Å². The second kappa shape index (κ2) is 7.63. The standard InChI is InChI=1S/C15H22N6O/c1-11(2)9-14(13-5-4-7-16-10-13)17-15(22)6-8-21-12(3)18-19-20-21/h4-5,7,10-11,14H,6,8-9H2,1-3H3,(H,17,22)/t14-/m0/s1. The second-order valence-electron chi connectivity index (χ2n) is 5.74. The molecular weight excluding hydrogens is 280 g/mol. The van der Waals surface area contributed by atoms with Crippen molar-refractivity contribution in [3.05, 3.63) is 35.9 Å². The highest BCUT2D eigenvalue weighted by molar-refractivity contribution is 5.76. The summed E-state index contributed by atoms with van der Waals surface area (Å²) in [5.74, 6) is 1.18. The minimum absolute atomic E-state index is 0.00981. The summed E-state index contributed by atoms with van der Waals surface area (Å²) in [5.41, 5.74) is 1.03. The first-order chi connectivity index (χ1) is 10.6. The van der Waals surface area contributed by atoms with E-state index in [0.29, 0.717) is 24.7 Å². The lowest BCUT2D eigenvalue weighted by Gasteiger charge is -2.20. The van der Waals surface area contributed by atoms with Gasteiger partial charge in [-0.25, -0.2) is 4.68 Å². The van der Waals surface area contributed by atoms with Gasteiger partial charge in [-0.15, -0.1) is 5.10 Å². The number of tetrazole rings is 1. The quantitative estimate of drug-likeness (QED) is 0.841. The minimum atomic E-state index is -0.0174. The molecule has 0 saturated carbocycles. The van der Waals surface area contributed by atoms with Crippen molar-refractivity contribution in [2.24, 2.45) is 5.92 Å².